The Morgan fingerprint density at radius 2 is 2.05 bits per heavy atom. The van der Waals surface area contributed by atoms with Gasteiger partial charge in [-0.15, -0.1) is 0 Å². The zero-order valence-electron chi connectivity index (χ0n) is 12.5. The predicted molar refractivity (Wildman–Crippen MR) is 85.8 cm³/mol. The van der Waals surface area contributed by atoms with Gasteiger partial charge in [-0.25, -0.2) is 9.18 Å². The molecule has 3 unspecified atom stereocenters. The molecular formula is C14H23BBrFO3. The third-order valence-corrected chi connectivity index (χ3v) is 4.71. The summed E-state index contributed by atoms with van der Waals surface area (Å²) in [6.45, 7) is 6.16. The van der Waals surface area contributed by atoms with Crippen molar-refractivity contribution < 1.29 is 19.4 Å². The van der Waals surface area contributed by atoms with Crippen LogP contribution >= 0.6 is 15.9 Å². The highest BCUT2D eigenvalue weighted by Gasteiger charge is 2.35. The molecule has 0 aliphatic rings. The molecular weight excluding hydrogens is 326 g/mol. The summed E-state index contributed by atoms with van der Waals surface area (Å²) in [5.74, 6) is -0.847. The maximum Gasteiger partial charge on any atom is 0.331 e. The molecule has 114 valence electrons. The summed E-state index contributed by atoms with van der Waals surface area (Å²) >= 11 is 3.31. The predicted octanol–water partition coefficient (Wildman–Crippen LogP) is 3.11. The molecule has 0 saturated heterocycles. The van der Waals surface area contributed by atoms with E-state index in [1.807, 2.05) is 19.8 Å². The molecule has 3 nitrogen and oxygen atoms in total. The maximum absolute atomic E-state index is 13.2. The quantitative estimate of drug-likeness (QED) is 0.306. The number of rotatable bonds is 8. The van der Waals surface area contributed by atoms with Crippen LogP contribution in [-0.2, 0) is 4.79 Å². The fourth-order valence-electron chi connectivity index (χ4n) is 1.79. The number of allylic oxidation sites excluding steroid dienone is 1. The molecule has 0 aliphatic heterocycles. The van der Waals surface area contributed by atoms with Crippen molar-refractivity contribution in [3.8, 4) is 0 Å². The van der Waals surface area contributed by atoms with Gasteiger partial charge in [0.2, 0.25) is 0 Å². The maximum atomic E-state index is 13.2. The fourth-order valence-corrected chi connectivity index (χ4v) is 2.24. The summed E-state index contributed by atoms with van der Waals surface area (Å²) < 4.78 is 13.2. The van der Waals surface area contributed by atoms with E-state index in [9.17, 15) is 14.3 Å². The number of halogens is 2. The van der Waals surface area contributed by atoms with Crippen molar-refractivity contribution in [2.24, 2.45) is 0 Å². The average Bonchev–Trinajstić information content (AvgIpc) is 2.40. The van der Waals surface area contributed by atoms with Crippen molar-refractivity contribution in [2.45, 2.75) is 50.3 Å². The molecule has 20 heavy (non-hydrogen) atoms. The second-order valence-electron chi connectivity index (χ2n) is 5.07. The van der Waals surface area contributed by atoms with Crippen LogP contribution in [0.2, 0.25) is 12.6 Å². The third-order valence-electron chi connectivity index (χ3n) is 3.51. The highest BCUT2D eigenvalue weighted by atomic mass is 79.9. The Bertz CT molecular complexity index is 394. The highest BCUT2D eigenvalue weighted by Crippen LogP contribution is 2.31. The van der Waals surface area contributed by atoms with Crippen molar-refractivity contribution >= 4 is 29.2 Å². The van der Waals surface area contributed by atoms with Gasteiger partial charge in [0.15, 0.2) is 0 Å². The molecule has 0 aliphatic carbocycles. The van der Waals surface area contributed by atoms with Gasteiger partial charge in [0, 0.05) is 11.1 Å². The number of carboxylic acids is 1. The summed E-state index contributed by atoms with van der Waals surface area (Å²) in [5.41, 5.74) is -1.73. The van der Waals surface area contributed by atoms with Crippen LogP contribution in [0.3, 0.4) is 0 Å². The topological polar surface area (TPSA) is 57.5 Å². The van der Waals surface area contributed by atoms with E-state index in [0.29, 0.717) is 5.82 Å². The number of hydrogen-bond acceptors (Lipinski definition) is 2. The SMILES string of the molecule is CBC(C)C=CC(Br)C(C)(O)/C(CF)=C(\CC)C(=O)O. The molecule has 2 N–H and O–H groups in total. The van der Waals surface area contributed by atoms with E-state index in [1.54, 1.807) is 13.0 Å². The first kappa shape index (κ1) is 19.4. The second-order valence-corrected chi connectivity index (χ2v) is 6.06. The summed E-state index contributed by atoms with van der Waals surface area (Å²) in [4.78, 5) is 10.6. The van der Waals surface area contributed by atoms with Crippen LogP contribution in [0, 0.1) is 0 Å². The first-order chi connectivity index (χ1) is 9.22. The van der Waals surface area contributed by atoms with Crippen LogP contribution in [0.5, 0.6) is 0 Å². The Hall–Kier alpha value is -0.615. The minimum Gasteiger partial charge on any atom is -0.478 e. The molecule has 0 aromatic heterocycles. The Morgan fingerprint density at radius 1 is 1.50 bits per heavy atom. The van der Waals surface area contributed by atoms with E-state index in [-0.39, 0.29) is 17.6 Å². The minimum absolute atomic E-state index is 0.0705. The number of hydrogen-bond donors (Lipinski definition) is 2. The van der Waals surface area contributed by atoms with Crippen molar-refractivity contribution in [1.29, 1.82) is 0 Å². The van der Waals surface area contributed by atoms with E-state index >= 15 is 0 Å². The molecule has 3 atom stereocenters. The lowest BCUT2D eigenvalue weighted by Gasteiger charge is -2.30. The molecule has 0 amide bonds. The van der Waals surface area contributed by atoms with Gasteiger partial charge in [-0.3, -0.25) is 0 Å². The molecule has 0 fully saturated rings. The number of alkyl halides is 2. The number of carboxylic acid groups (broad SMARTS) is 1. The molecule has 6 heteroatoms. The van der Waals surface area contributed by atoms with Crippen LogP contribution in [0.15, 0.2) is 23.3 Å². The van der Waals surface area contributed by atoms with E-state index in [0.717, 1.165) is 7.28 Å². The van der Waals surface area contributed by atoms with Crippen LogP contribution < -0.4 is 0 Å². The molecule has 0 saturated carbocycles. The van der Waals surface area contributed by atoms with Crippen LogP contribution in [0.25, 0.3) is 0 Å². The first-order valence-corrected chi connectivity index (χ1v) is 7.70. The minimum atomic E-state index is -1.58. The van der Waals surface area contributed by atoms with Crippen molar-refractivity contribution in [3.63, 3.8) is 0 Å². The Labute approximate surface area is 129 Å². The molecule has 0 rings (SSSR count). The van der Waals surface area contributed by atoms with Crippen LogP contribution in [0.4, 0.5) is 4.39 Å². The van der Waals surface area contributed by atoms with E-state index in [2.05, 4.69) is 15.9 Å². The van der Waals surface area contributed by atoms with Crippen molar-refractivity contribution in [3.05, 3.63) is 23.3 Å². The van der Waals surface area contributed by atoms with Gasteiger partial charge in [0.05, 0.1) is 4.83 Å². The number of aliphatic carboxylic acids is 1. The number of carbonyl (C=O) groups is 1. The van der Waals surface area contributed by atoms with E-state index in [4.69, 9.17) is 5.11 Å². The second kappa shape index (κ2) is 8.62. The van der Waals surface area contributed by atoms with Gasteiger partial charge < -0.3 is 10.2 Å². The van der Waals surface area contributed by atoms with Gasteiger partial charge >= 0.3 is 5.97 Å². The van der Waals surface area contributed by atoms with Gasteiger partial charge in [-0.05, 0) is 13.3 Å². The monoisotopic (exact) mass is 348 g/mol. The van der Waals surface area contributed by atoms with Gasteiger partial charge in [0.25, 0.3) is 0 Å². The van der Waals surface area contributed by atoms with Crippen LogP contribution in [0.1, 0.15) is 27.2 Å². The Morgan fingerprint density at radius 3 is 2.40 bits per heavy atom. The van der Waals surface area contributed by atoms with Gasteiger partial charge in [0.1, 0.15) is 19.6 Å². The third kappa shape index (κ3) is 5.06. The lowest BCUT2D eigenvalue weighted by Crippen LogP contribution is -2.39. The zero-order valence-corrected chi connectivity index (χ0v) is 14.1. The lowest BCUT2D eigenvalue weighted by atomic mass is 9.68. The smallest absolute Gasteiger partial charge is 0.331 e. The molecule has 0 radical (unpaired) electrons. The molecule has 0 bridgehead atoms. The Balaban J connectivity index is 5.46. The molecule has 0 spiro atoms. The zero-order chi connectivity index (χ0) is 15.9. The summed E-state index contributed by atoms with van der Waals surface area (Å²) in [6.07, 6.45) is 3.84. The Kier molecular flexibility index (Phi) is 8.36. The normalized spacial score (nSPS) is 19.1. The number of aliphatic hydroxyl groups is 1. The molecule has 0 aromatic carbocycles. The summed E-state index contributed by atoms with van der Waals surface area (Å²) in [7, 11) is 0.958. The molecule has 0 aromatic rings. The van der Waals surface area contributed by atoms with E-state index < -0.39 is 23.1 Å². The van der Waals surface area contributed by atoms with E-state index in [1.165, 1.54) is 6.92 Å². The summed E-state index contributed by atoms with van der Waals surface area (Å²) in [5, 5.41) is 19.6. The highest BCUT2D eigenvalue weighted by molar-refractivity contribution is 9.09. The standard InChI is InChI=1S/C14H23BBrFO3/c1-5-10(13(18)19)11(8-17)14(3,20)12(16)7-6-9(2)15-4/h6-7,9,12,15,20H,5,8H2,1-4H3,(H,18,19)/b7-6?,11-10+. The first-order valence-electron chi connectivity index (χ1n) is 6.78. The van der Waals surface area contributed by atoms with Gasteiger partial charge in [-0.2, -0.15) is 0 Å². The molecule has 0 heterocycles. The van der Waals surface area contributed by atoms with Crippen molar-refractivity contribution in [1.82, 2.24) is 0 Å². The van der Waals surface area contributed by atoms with Crippen molar-refractivity contribution in [2.75, 3.05) is 6.67 Å². The lowest BCUT2D eigenvalue weighted by molar-refractivity contribution is -0.133. The van der Waals surface area contributed by atoms with Crippen LogP contribution in [-0.4, -0.2) is 40.6 Å². The largest absolute Gasteiger partial charge is 0.478 e. The fraction of sp³-hybridized carbons (Fsp3) is 0.643. The van der Waals surface area contributed by atoms with Gasteiger partial charge in [-0.1, -0.05) is 54.6 Å². The summed E-state index contributed by atoms with van der Waals surface area (Å²) in [6, 6.07) is 0. The average molecular weight is 349 g/mol.